The van der Waals surface area contributed by atoms with Crippen molar-refractivity contribution >= 4 is 0 Å². The molecule has 0 heterocycles. The molecule has 1 aliphatic carbocycles. The molecule has 1 N–H and O–H groups in total. The lowest BCUT2D eigenvalue weighted by Crippen LogP contribution is -2.22. The van der Waals surface area contributed by atoms with Gasteiger partial charge < -0.3 is 5.32 Å². The molecule has 0 aromatic rings. The Kier molecular flexibility index (Phi) is 1.72. The molecule has 1 rings (SSSR count). The number of rotatable bonds is 2. The fourth-order valence-corrected chi connectivity index (χ4v) is 1.85. The summed E-state index contributed by atoms with van der Waals surface area (Å²) in [4.78, 5) is 0. The van der Waals surface area contributed by atoms with Gasteiger partial charge in [-0.2, -0.15) is 5.26 Å². The van der Waals surface area contributed by atoms with Crippen LogP contribution in [0.15, 0.2) is 0 Å². The first-order valence-electron chi connectivity index (χ1n) is 4.05. The largest absolute Gasteiger partial charge is 0.301 e. The van der Waals surface area contributed by atoms with Gasteiger partial charge in [0.1, 0.15) is 0 Å². The third-order valence-corrected chi connectivity index (χ3v) is 3.41. The van der Waals surface area contributed by atoms with E-state index in [2.05, 4.69) is 39.1 Å². The van der Waals surface area contributed by atoms with Crippen molar-refractivity contribution in [3.05, 3.63) is 0 Å². The Morgan fingerprint density at radius 3 is 2.00 bits per heavy atom. The van der Waals surface area contributed by atoms with Crippen molar-refractivity contribution in [2.45, 2.75) is 33.7 Å². The highest BCUT2D eigenvalue weighted by Crippen LogP contribution is 2.62. The summed E-state index contributed by atoms with van der Waals surface area (Å²) < 4.78 is 0. The maximum Gasteiger partial charge on any atom is 0.0843 e. The monoisotopic (exact) mass is 152 g/mol. The Bertz CT molecular complexity index is 184. The smallest absolute Gasteiger partial charge is 0.0843 e. The van der Waals surface area contributed by atoms with E-state index in [1.54, 1.807) is 0 Å². The zero-order valence-corrected chi connectivity index (χ0v) is 7.73. The van der Waals surface area contributed by atoms with Crippen molar-refractivity contribution in [2.24, 2.45) is 10.8 Å². The highest BCUT2D eigenvalue weighted by molar-refractivity contribution is 5.18. The van der Waals surface area contributed by atoms with Crippen LogP contribution >= 0.6 is 0 Å². The van der Waals surface area contributed by atoms with Crippen molar-refractivity contribution in [3.8, 4) is 6.07 Å². The molecule has 0 saturated heterocycles. The molecular formula is C9H16N2. The van der Waals surface area contributed by atoms with Crippen molar-refractivity contribution in [1.29, 1.82) is 5.26 Å². The third-order valence-electron chi connectivity index (χ3n) is 3.41. The van der Waals surface area contributed by atoms with E-state index in [1.165, 1.54) is 0 Å². The molecule has 0 bridgehead atoms. The van der Waals surface area contributed by atoms with Gasteiger partial charge in [0, 0.05) is 6.04 Å². The Labute approximate surface area is 68.6 Å². The minimum atomic E-state index is 0.351. The molecule has 0 spiro atoms. The van der Waals surface area contributed by atoms with Gasteiger partial charge >= 0.3 is 0 Å². The predicted octanol–water partition coefficient (Wildman–Crippen LogP) is 1.53. The van der Waals surface area contributed by atoms with Gasteiger partial charge in [0.15, 0.2) is 0 Å². The molecule has 1 aliphatic rings. The first-order chi connectivity index (χ1) is 4.94. The zero-order valence-electron chi connectivity index (χ0n) is 7.73. The molecule has 2 nitrogen and oxygen atoms in total. The molecule has 11 heavy (non-hydrogen) atoms. The van der Waals surface area contributed by atoms with E-state index in [-0.39, 0.29) is 0 Å². The van der Waals surface area contributed by atoms with Crippen LogP contribution in [0.1, 0.15) is 27.7 Å². The number of nitriles is 1. The summed E-state index contributed by atoms with van der Waals surface area (Å²) in [6.45, 7) is 9.42. The van der Waals surface area contributed by atoms with Crippen LogP contribution in [-0.2, 0) is 0 Å². The maximum atomic E-state index is 8.37. The summed E-state index contributed by atoms with van der Waals surface area (Å²) in [5, 5.41) is 11.6. The van der Waals surface area contributed by atoms with Gasteiger partial charge in [0.2, 0.25) is 0 Å². The van der Waals surface area contributed by atoms with Gasteiger partial charge in [0.05, 0.1) is 12.6 Å². The van der Waals surface area contributed by atoms with Gasteiger partial charge in [-0.05, 0) is 10.8 Å². The van der Waals surface area contributed by atoms with E-state index >= 15 is 0 Å². The minimum Gasteiger partial charge on any atom is -0.301 e. The minimum absolute atomic E-state index is 0.351. The first-order valence-corrected chi connectivity index (χ1v) is 4.05. The van der Waals surface area contributed by atoms with Gasteiger partial charge in [0.25, 0.3) is 0 Å². The molecular weight excluding hydrogens is 136 g/mol. The van der Waals surface area contributed by atoms with Crippen LogP contribution in [0.3, 0.4) is 0 Å². The summed E-state index contributed by atoms with van der Waals surface area (Å²) in [5.74, 6) is 0. The number of hydrogen-bond donors (Lipinski definition) is 1. The second-order valence-corrected chi connectivity index (χ2v) is 4.42. The summed E-state index contributed by atoms with van der Waals surface area (Å²) >= 11 is 0. The van der Waals surface area contributed by atoms with Gasteiger partial charge in [-0.15, -0.1) is 0 Å². The molecule has 1 saturated carbocycles. The Balaban J connectivity index is 2.48. The van der Waals surface area contributed by atoms with Gasteiger partial charge in [-0.3, -0.25) is 0 Å². The summed E-state index contributed by atoms with van der Waals surface area (Å²) in [6, 6.07) is 2.61. The topological polar surface area (TPSA) is 35.8 Å². The first kappa shape index (κ1) is 8.55. The predicted molar refractivity (Wildman–Crippen MR) is 45.0 cm³/mol. The van der Waals surface area contributed by atoms with Crippen LogP contribution in [0.5, 0.6) is 0 Å². The number of hydrogen-bond acceptors (Lipinski definition) is 2. The van der Waals surface area contributed by atoms with E-state index in [0.717, 1.165) is 0 Å². The van der Waals surface area contributed by atoms with E-state index in [4.69, 9.17) is 5.26 Å². The second kappa shape index (κ2) is 2.22. The maximum absolute atomic E-state index is 8.37. The van der Waals surface area contributed by atoms with Crippen molar-refractivity contribution in [3.63, 3.8) is 0 Å². The molecule has 2 heteroatoms. The van der Waals surface area contributed by atoms with Crippen LogP contribution < -0.4 is 5.32 Å². The average Bonchev–Trinajstić information content (AvgIpc) is 2.23. The molecule has 0 atom stereocenters. The SMILES string of the molecule is CC1(C)C(NCC#N)C1(C)C. The fraction of sp³-hybridized carbons (Fsp3) is 0.889. The molecule has 0 radical (unpaired) electrons. The van der Waals surface area contributed by atoms with E-state index in [0.29, 0.717) is 23.4 Å². The lowest BCUT2D eigenvalue weighted by Gasteiger charge is -2.03. The quantitative estimate of drug-likeness (QED) is 0.609. The van der Waals surface area contributed by atoms with Crippen LogP contribution in [0.4, 0.5) is 0 Å². The summed E-state index contributed by atoms with van der Waals surface area (Å²) in [5.41, 5.74) is 0.702. The van der Waals surface area contributed by atoms with E-state index in [1.807, 2.05) is 0 Å². The molecule has 0 aromatic heterocycles. The van der Waals surface area contributed by atoms with Crippen molar-refractivity contribution in [2.75, 3.05) is 6.54 Å². The van der Waals surface area contributed by atoms with Crippen LogP contribution in [0, 0.1) is 22.2 Å². The highest BCUT2D eigenvalue weighted by Gasteiger charge is 2.64. The Morgan fingerprint density at radius 2 is 1.73 bits per heavy atom. The van der Waals surface area contributed by atoms with E-state index in [9.17, 15) is 0 Å². The molecule has 1 fully saturated rings. The van der Waals surface area contributed by atoms with Crippen LogP contribution in [0.25, 0.3) is 0 Å². The number of nitrogens with one attached hydrogen (secondary N) is 1. The molecule has 0 amide bonds. The third kappa shape index (κ3) is 1.04. The summed E-state index contributed by atoms with van der Waals surface area (Å²) in [7, 11) is 0. The standard InChI is InChI=1S/C9H16N2/c1-8(2)7(9(8,3)4)11-6-5-10/h7,11H,6H2,1-4H3. The normalized spacial score (nSPS) is 26.1. The van der Waals surface area contributed by atoms with E-state index < -0.39 is 0 Å². The summed E-state index contributed by atoms with van der Waals surface area (Å²) in [6.07, 6.45) is 0. The van der Waals surface area contributed by atoms with Crippen LogP contribution in [0.2, 0.25) is 0 Å². The van der Waals surface area contributed by atoms with Crippen molar-refractivity contribution in [1.82, 2.24) is 5.32 Å². The molecule has 0 unspecified atom stereocenters. The van der Waals surface area contributed by atoms with Crippen LogP contribution in [-0.4, -0.2) is 12.6 Å². The lowest BCUT2D eigenvalue weighted by atomic mass is 10.0. The van der Waals surface area contributed by atoms with Crippen molar-refractivity contribution < 1.29 is 0 Å². The fourth-order valence-electron chi connectivity index (χ4n) is 1.85. The van der Waals surface area contributed by atoms with Gasteiger partial charge in [-0.1, -0.05) is 27.7 Å². The highest BCUT2D eigenvalue weighted by atomic mass is 15.0. The lowest BCUT2D eigenvalue weighted by molar-refractivity contribution is 0.457. The molecule has 0 aliphatic heterocycles. The average molecular weight is 152 g/mol. The van der Waals surface area contributed by atoms with Gasteiger partial charge in [-0.25, -0.2) is 0 Å². The number of nitrogens with zero attached hydrogens (tertiary/aromatic N) is 1. The Morgan fingerprint density at radius 1 is 1.27 bits per heavy atom. The molecule has 0 aromatic carbocycles. The second-order valence-electron chi connectivity index (χ2n) is 4.42. The molecule has 62 valence electrons. The zero-order chi connectivity index (χ0) is 8.70. The Hall–Kier alpha value is -0.550.